The molecule has 0 bridgehead atoms. The van der Waals surface area contributed by atoms with Gasteiger partial charge < -0.3 is 30.3 Å². The fourth-order valence-corrected chi connectivity index (χ4v) is 3.99. The van der Waals surface area contributed by atoms with Gasteiger partial charge in [0.15, 0.2) is 17.5 Å². The van der Waals surface area contributed by atoms with E-state index in [-0.39, 0.29) is 35.8 Å². The summed E-state index contributed by atoms with van der Waals surface area (Å²) < 4.78 is 11.5. The van der Waals surface area contributed by atoms with Gasteiger partial charge in [-0.25, -0.2) is 0 Å². The number of nitrogens with zero attached hydrogens (tertiary/aromatic N) is 3. The Kier molecular flexibility index (Phi) is 13.4. The number of hydrogen-bond donors (Lipinski definition) is 2. The summed E-state index contributed by atoms with van der Waals surface area (Å²) >= 11 is 0. The number of benzene rings is 1. The Morgan fingerprint density at radius 1 is 1.31 bits per heavy atom. The number of guanidine groups is 1. The number of primary amides is 1. The van der Waals surface area contributed by atoms with Crippen molar-refractivity contribution in [1.29, 1.82) is 0 Å². The second kappa shape index (κ2) is 15.2. The molecule has 1 fully saturated rings. The Balaban J connectivity index is 0.00000512. The van der Waals surface area contributed by atoms with Crippen molar-refractivity contribution in [3.05, 3.63) is 23.8 Å². The zero-order valence-electron chi connectivity index (χ0n) is 19.9. The van der Waals surface area contributed by atoms with E-state index < -0.39 is 0 Å². The topological polar surface area (TPSA) is 92.4 Å². The van der Waals surface area contributed by atoms with Crippen molar-refractivity contribution in [2.75, 3.05) is 53.5 Å². The second-order valence-electron chi connectivity index (χ2n) is 7.89. The summed E-state index contributed by atoms with van der Waals surface area (Å²) in [7, 11) is 3.45. The molecule has 1 heterocycles. The lowest BCUT2D eigenvalue weighted by Crippen LogP contribution is -2.46. The van der Waals surface area contributed by atoms with E-state index in [0.29, 0.717) is 19.6 Å². The van der Waals surface area contributed by atoms with E-state index in [9.17, 15) is 4.79 Å². The van der Waals surface area contributed by atoms with Crippen LogP contribution in [-0.2, 0) is 11.3 Å². The zero-order chi connectivity index (χ0) is 22.6. The molecule has 0 aliphatic carbocycles. The Labute approximate surface area is 209 Å². The van der Waals surface area contributed by atoms with E-state index in [1.165, 1.54) is 0 Å². The van der Waals surface area contributed by atoms with Crippen molar-refractivity contribution in [2.24, 2.45) is 16.6 Å². The van der Waals surface area contributed by atoms with Gasteiger partial charge in [-0.05, 0) is 49.5 Å². The van der Waals surface area contributed by atoms with Crippen LogP contribution in [0.3, 0.4) is 0 Å². The van der Waals surface area contributed by atoms with E-state index in [1.807, 2.05) is 18.2 Å². The molecule has 1 aromatic rings. The number of piperidine rings is 1. The number of nitrogens with two attached hydrogens (primary N) is 1. The van der Waals surface area contributed by atoms with Gasteiger partial charge in [0.05, 0.1) is 7.11 Å². The van der Waals surface area contributed by atoms with Crippen LogP contribution in [-0.4, -0.2) is 75.2 Å². The molecule has 0 saturated carbocycles. The lowest BCUT2D eigenvalue weighted by atomic mass is 9.95. The largest absolute Gasteiger partial charge is 0.493 e. The highest BCUT2D eigenvalue weighted by Crippen LogP contribution is 2.28. The molecule has 1 aromatic carbocycles. The molecule has 1 atom stereocenters. The Morgan fingerprint density at radius 2 is 2.06 bits per heavy atom. The summed E-state index contributed by atoms with van der Waals surface area (Å²) in [6, 6.07) is 6.01. The molecule has 9 heteroatoms. The van der Waals surface area contributed by atoms with Crippen molar-refractivity contribution >= 4 is 35.8 Å². The summed E-state index contributed by atoms with van der Waals surface area (Å²) in [6.07, 6.45) is 2.50. The van der Waals surface area contributed by atoms with Gasteiger partial charge in [-0.1, -0.05) is 19.9 Å². The van der Waals surface area contributed by atoms with Crippen molar-refractivity contribution in [3.63, 3.8) is 0 Å². The number of ether oxygens (including phenoxy) is 2. The monoisotopic (exact) mass is 561 g/mol. The molecular weight excluding hydrogens is 521 g/mol. The molecule has 1 amide bonds. The highest BCUT2D eigenvalue weighted by atomic mass is 127. The molecule has 1 unspecified atom stereocenters. The summed E-state index contributed by atoms with van der Waals surface area (Å²) in [5.74, 6) is 2.38. The van der Waals surface area contributed by atoms with Crippen molar-refractivity contribution in [3.8, 4) is 11.5 Å². The van der Waals surface area contributed by atoms with Crippen molar-refractivity contribution in [2.45, 2.75) is 39.7 Å². The van der Waals surface area contributed by atoms with E-state index in [2.05, 4.69) is 34.0 Å². The van der Waals surface area contributed by atoms with Crippen LogP contribution in [0, 0.1) is 5.92 Å². The number of carbonyl (C=O) groups is 1. The van der Waals surface area contributed by atoms with Gasteiger partial charge in [0.25, 0.3) is 0 Å². The van der Waals surface area contributed by atoms with Crippen LogP contribution in [0.1, 0.15) is 38.7 Å². The highest BCUT2D eigenvalue weighted by molar-refractivity contribution is 14.0. The molecule has 3 N–H and O–H groups in total. The Morgan fingerprint density at radius 3 is 2.69 bits per heavy atom. The number of aliphatic imine (C=N–C) groups is 1. The van der Waals surface area contributed by atoms with Crippen LogP contribution in [0.5, 0.6) is 11.5 Å². The van der Waals surface area contributed by atoms with Crippen LogP contribution in [0.15, 0.2) is 23.2 Å². The third-order valence-corrected chi connectivity index (χ3v) is 5.76. The molecule has 8 nitrogen and oxygen atoms in total. The SMILES string of the molecule is CCN(CC)CCOc1ccc(CNC(=NC)N2CCCC(CC(N)=O)C2)cc1OC.I. The molecule has 0 radical (unpaired) electrons. The Hall–Kier alpha value is -1.75. The maximum atomic E-state index is 11.3. The van der Waals surface area contributed by atoms with Crippen LogP contribution in [0.25, 0.3) is 0 Å². The minimum absolute atomic E-state index is 0. The van der Waals surface area contributed by atoms with Crippen molar-refractivity contribution < 1.29 is 14.3 Å². The predicted molar refractivity (Wildman–Crippen MR) is 140 cm³/mol. The van der Waals surface area contributed by atoms with Crippen LogP contribution < -0.4 is 20.5 Å². The number of methoxy groups -OCH3 is 1. The Bertz CT molecular complexity index is 728. The van der Waals surface area contributed by atoms with Gasteiger partial charge in [-0.15, -0.1) is 24.0 Å². The number of hydrogen-bond acceptors (Lipinski definition) is 5. The lowest BCUT2D eigenvalue weighted by Gasteiger charge is -2.34. The fourth-order valence-electron chi connectivity index (χ4n) is 3.99. The lowest BCUT2D eigenvalue weighted by molar-refractivity contribution is -0.119. The first kappa shape index (κ1) is 28.3. The summed E-state index contributed by atoms with van der Waals surface area (Å²) in [5.41, 5.74) is 6.47. The number of carbonyl (C=O) groups excluding carboxylic acids is 1. The quantitative estimate of drug-likeness (QED) is 0.245. The molecule has 182 valence electrons. The minimum Gasteiger partial charge on any atom is -0.493 e. The molecule has 2 rings (SSSR count). The molecule has 0 spiro atoms. The summed E-state index contributed by atoms with van der Waals surface area (Å²) in [5, 5.41) is 3.43. The van der Waals surface area contributed by atoms with Gasteiger partial charge in [0.2, 0.25) is 5.91 Å². The van der Waals surface area contributed by atoms with Gasteiger partial charge in [-0.2, -0.15) is 0 Å². The number of halogens is 1. The maximum Gasteiger partial charge on any atom is 0.217 e. The first-order valence-electron chi connectivity index (χ1n) is 11.3. The third kappa shape index (κ3) is 9.01. The van der Waals surface area contributed by atoms with Crippen LogP contribution in [0.4, 0.5) is 0 Å². The summed E-state index contributed by atoms with van der Waals surface area (Å²) in [4.78, 5) is 20.2. The molecule has 32 heavy (non-hydrogen) atoms. The average Bonchev–Trinajstić information content (AvgIpc) is 2.77. The van der Waals surface area contributed by atoms with E-state index in [1.54, 1.807) is 14.2 Å². The van der Waals surface area contributed by atoms with E-state index >= 15 is 0 Å². The number of nitrogens with one attached hydrogen (secondary N) is 1. The van der Waals surface area contributed by atoms with Crippen LogP contribution in [0.2, 0.25) is 0 Å². The number of likely N-dealkylation sites (tertiary alicyclic amines) is 1. The molecular formula is C23H40IN5O3. The van der Waals surface area contributed by atoms with E-state index in [4.69, 9.17) is 15.2 Å². The molecule has 1 aliphatic heterocycles. The van der Waals surface area contributed by atoms with Crippen LogP contribution >= 0.6 is 24.0 Å². The minimum atomic E-state index is -0.235. The van der Waals surface area contributed by atoms with Gasteiger partial charge in [0, 0.05) is 39.6 Å². The highest BCUT2D eigenvalue weighted by Gasteiger charge is 2.23. The number of amides is 1. The van der Waals surface area contributed by atoms with Crippen molar-refractivity contribution in [1.82, 2.24) is 15.1 Å². The predicted octanol–water partition coefficient (Wildman–Crippen LogP) is 2.70. The standard InChI is InChI=1S/C23H39N5O3.HI/c1-5-27(6-2)12-13-31-20-10-9-18(14-21(20)30-4)16-26-23(25-3)28-11-7-8-19(17-28)15-22(24)29;/h9-10,14,19H,5-8,11-13,15-17H2,1-4H3,(H2,24,29)(H,25,26);1H. The first-order valence-corrected chi connectivity index (χ1v) is 11.3. The smallest absolute Gasteiger partial charge is 0.217 e. The normalized spacial score (nSPS) is 16.5. The molecule has 1 aliphatic rings. The van der Waals surface area contributed by atoms with Gasteiger partial charge in [0.1, 0.15) is 6.61 Å². The third-order valence-electron chi connectivity index (χ3n) is 5.76. The van der Waals surface area contributed by atoms with Gasteiger partial charge >= 0.3 is 0 Å². The number of rotatable bonds is 11. The number of likely N-dealkylation sites (N-methyl/N-ethyl adjacent to an activating group) is 1. The van der Waals surface area contributed by atoms with E-state index in [0.717, 1.165) is 68.6 Å². The zero-order valence-corrected chi connectivity index (χ0v) is 22.3. The average molecular weight is 562 g/mol. The maximum absolute atomic E-state index is 11.3. The fraction of sp³-hybridized carbons (Fsp3) is 0.652. The first-order chi connectivity index (χ1) is 15.0. The molecule has 0 aromatic heterocycles. The molecule has 1 saturated heterocycles. The van der Waals surface area contributed by atoms with Gasteiger partial charge in [-0.3, -0.25) is 9.79 Å². The second-order valence-corrected chi connectivity index (χ2v) is 7.89. The summed E-state index contributed by atoms with van der Waals surface area (Å²) in [6.45, 7) is 10.2.